The summed E-state index contributed by atoms with van der Waals surface area (Å²) in [5.41, 5.74) is 5.88. The number of carbonyl (C=O) groups excluding carboxylic acids is 1. The number of benzene rings is 1. The number of hydrogen-bond donors (Lipinski definition) is 1. The second-order valence-electron chi connectivity index (χ2n) is 5.30. The molecule has 1 saturated heterocycles. The minimum Gasteiger partial charge on any atom is -0.396 e. The Hall–Kier alpha value is -1.62. The van der Waals surface area contributed by atoms with Crippen LogP contribution in [0.1, 0.15) is 23.2 Å². The Morgan fingerprint density at radius 3 is 2.47 bits per heavy atom. The largest absolute Gasteiger partial charge is 0.396 e. The van der Waals surface area contributed by atoms with E-state index in [1.807, 2.05) is 0 Å². The summed E-state index contributed by atoms with van der Waals surface area (Å²) in [5.74, 6) is -0.628. The van der Waals surface area contributed by atoms with Crippen molar-refractivity contribution in [1.82, 2.24) is 9.80 Å². The zero-order valence-electron chi connectivity index (χ0n) is 10.8. The number of carbonyl (C=O) groups is 1. The van der Waals surface area contributed by atoms with E-state index in [4.69, 9.17) is 5.73 Å². The molecular formula is C14H18FN3O. The molecular weight excluding hydrogens is 245 g/mol. The lowest BCUT2D eigenvalue weighted by Gasteiger charge is -2.34. The molecule has 2 aliphatic rings. The van der Waals surface area contributed by atoms with Crippen LogP contribution in [0.3, 0.4) is 0 Å². The van der Waals surface area contributed by atoms with E-state index in [9.17, 15) is 9.18 Å². The number of nitrogens with two attached hydrogens (primary N) is 1. The van der Waals surface area contributed by atoms with E-state index in [-0.39, 0.29) is 11.6 Å². The smallest absolute Gasteiger partial charge is 0.254 e. The van der Waals surface area contributed by atoms with E-state index >= 15 is 0 Å². The summed E-state index contributed by atoms with van der Waals surface area (Å²) in [4.78, 5) is 16.5. The van der Waals surface area contributed by atoms with Gasteiger partial charge in [0.1, 0.15) is 5.82 Å². The summed E-state index contributed by atoms with van der Waals surface area (Å²) in [6.45, 7) is 3.30. The summed E-state index contributed by atoms with van der Waals surface area (Å²) in [6, 6.07) is 5.01. The van der Waals surface area contributed by atoms with Gasteiger partial charge in [0.25, 0.3) is 5.91 Å². The normalized spacial score (nSPS) is 20.6. The molecule has 0 bridgehead atoms. The maximum Gasteiger partial charge on any atom is 0.254 e. The molecule has 1 heterocycles. The Bertz CT molecular complexity index is 493. The maximum atomic E-state index is 13.4. The molecule has 1 saturated carbocycles. The predicted octanol–water partition coefficient (Wildman–Crippen LogP) is 1.33. The van der Waals surface area contributed by atoms with Gasteiger partial charge >= 0.3 is 0 Å². The molecule has 1 aliphatic carbocycles. The Balaban J connectivity index is 1.65. The van der Waals surface area contributed by atoms with Crippen molar-refractivity contribution in [2.45, 2.75) is 18.9 Å². The van der Waals surface area contributed by atoms with E-state index in [0.717, 1.165) is 32.2 Å². The van der Waals surface area contributed by atoms with Crippen molar-refractivity contribution in [3.63, 3.8) is 0 Å². The van der Waals surface area contributed by atoms with Gasteiger partial charge in [0.05, 0.1) is 5.69 Å². The Labute approximate surface area is 112 Å². The zero-order valence-corrected chi connectivity index (χ0v) is 10.8. The van der Waals surface area contributed by atoms with Gasteiger partial charge in [-0.1, -0.05) is 0 Å². The molecule has 1 amide bonds. The minimum atomic E-state index is -0.525. The van der Waals surface area contributed by atoms with Gasteiger partial charge in [-0.05, 0) is 31.0 Å². The molecule has 2 N–H and O–H groups in total. The topological polar surface area (TPSA) is 49.6 Å². The lowest BCUT2D eigenvalue weighted by molar-refractivity contribution is 0.0627. The first kappa shape index (κ1) is 12.4. The number of anilines is 1. The van der Waals surface area contributed by atoms with E-state index in [1.54, 1.807) is 11.0 Å². The monoisotopic (exact) mass is 263 g/mol. The van der Waals surface area contributed by atoms with Crippen LogP contribution in [0.15, 0.2) is 18.2 Å². The molecule has 0 radical (unpaired) electrons. The van der Waals surface area contributed by atoms with Crippen molar-refractivity contribution in [2.24, 2.45) is 0 Å². The average Bonchev–Trinajstić information content (AvgIpc) is 3.26. The van der Waals surface area contributed by atoms with Crippen molar-refractivity contribution in [2.75, 3.05) is 31.9 Å². The summed E-state index contributed by atoms with van der Waals surface area (Å²) in [5, 5.41) is 0. The third-order valence-electron chi connectivity index (χ3n) is 3.91. The summed E-state index contributed by atoms with van der Waals surface area (Å²) in [6.07, 6.45) is 2.58. The fraction of sp³-hybridized carbons (Fsp3) is 0.500. The molecule has 1 aromatic carbocycles. The van der Waals surface area contributed by atoms with E-state index in [0.29, 0.717) is 5.56 Å². The van der Waals surface area contributed by atoms with Gasteiger partial charge in [-0.25, -0.2) is 4.39 Å². The molecule has 0 aromatic heterocycles. The molecule has 1 aliphatic heterocycles. The SMILES string of the molecule is Nc1ccc(C(=O)N2CCN(C3CC3)CC2)cc1F. The van der Waals surface area contributed by atoms with E-state index < -0.39 is 5.82 Å². The number of nitrogen functional groups attached to an aromatic ring is 1. The third kappa shape index (κ3) is 2.56. The molecule has 5 heteroatoms. The van der Waals surface area contributed by atoms with Crippen molar-refractivity contribution in [3.05, 3.63) is 29.6 Å². The summed E-state index contributed by atoms with van der Waals surface area (Å²) in [7, 11) is 0. The Kier molecular flexibility index (Phi) is 3.14. The Morgan fingerprint density at radius 1 is 1.21 bits per heavy atom. The lowest BCUT2D eigenvalue weighted by atomic mass is 10.1. The number of halogens is 1. The highest BCUT2D eigenvalue weighted by Gasteiger charge is 2.32. The molecule has 19 heavy (non-hydrogen) atoms. The number of amides is 1. The second-order valence-corrected chi connectivity index (χ2v) is 5.30. The zero-order chi connectivity index (χ0) is 13.4. The van der Waals surface area contributed by atoms with Gasteiger partial charge < -0.3 is 10.6 Å². The van der Waals surface area contributed by atoms with Gasteiger partial charge in [-0.15, -0.1) is 0 Å². The summed E-state index contributed by atoms with van der Waals surface area (Å²) < 4.78 is 13.4. The standard InChI is InChI=1S/C14H18FN3O/c15-12-9-10(1-4-13(12)16)14(19)18-7-5-17(6-8-18)11-2-3-11/h1,4,9,11H,2-3,5-8,16H2. The summed E-state index contributed by atoms with van der Waals surface area (Å²) >= 11 is 0. The van der Waals surface area contributed by atoms with E-state index in [1.165, 1.54) is 25.0 Å². The minimum absolute atomic E-state index is 0.0788. The van der Waals surface area contributed by atoms with Crippen LogP contribution in [-0.2, 0) is 0 Å². The molecule has 0 atom stereocenters. The molecule has 102 valence electrons. The highest BCUT2D eigenvalue weighted by molar-refractivity contribution is 5.94. The quantitative estimate of drug-likeness (QED) is 0.819. The van der Waals surface area contributed by atoms with Crippen LogP contribution >= 0.6 is 0 Å². The van der Waals surface area contributed by atoms with Crippen LogP contribution in [0.2, 0.25) is 0 Å². The van der Waals surface area contributed by atoms with Gasteiger partial charge in [-0.3, -0.25) is 9.69 Å². The molecule has 4 nitrogen and oxygen atoms in total. The Morgan fingerprint density at radius 2 is 1.89 bits per heavy atom. The maximum absolute atomic E-state index is 13.4. The third-order valence-corrected chi connectivity index (χ3v) is 3.91. The van der Waals surface area contributed by atoms with E-state index in [2.05, 4.69) is 4.90 Å². The molecule has 1 aromatic rings. The van der Waals surface area contributed by atoms with Crippen molar-refractivity contribution in [1.29, 1.82) is 0 Å². The fourth-order valence-electron chi connectivity index (χ4n) is 2.57. The predicted molar refractivity (Wildman–Crippen MR) is 71.3 cm³/mol. The van der Waals surface area contributed by atoms with Crippen LogP contribution in [0, 0.1) is 5.82 Å². The molecule has 3 rings (SSSR count). The van der Waals surface area contributed by atoms with Crippen LogP contribution in [0.4, 0.5) is 10.1 Å². The number of hydrogen-bond acceptors (Lipinski definition) is 3. The number of nitrogens with zero attached hydrogens (tertiary/aromatic N) is 2. The second kappa shape index (κ2) is 4.81. The fourth-order valence-corrected chi connectivity index (χ4v) is 2.57. The van der Waals surface area contributed by atoms with Gasteiger partial charge in [-0.2, -0.15) is 0 Å². The van der Waals surface area contributed by atoms with Crippen molar-refractivity contribution in [3.8, 4) is 0 Å². The van der Waals surface area contributed by atoms with Crippen LogP contribution in [0.5, 0.6) is 0 Å². The molecule has 2 fully saturated rings. The lowest BCUT2D eigenvalue weighted by Crippen LogP contribution is -2.49. The first-order chi connectivity index (χ1) is 9.15. The first-order valence-electron chi connectivity index (χ1n) is 6.73. The van der Waals surface area contributed by atoms with Gasteiger partial charge in [0.15, 0.2) is 0 Å². The van der Waals surface area contributed by atoms with Crippen molar-refractivity contribution >= 4 is 11.6 Å². The van der Waals surface area contributed by atoms with Crippen LogP contribution in [-0.4, -0.2) is 47.9 Å². The van der Waals surface area contributed by atoms with Gasteiger partial charge in [0, 0.05) is 37.8 Å². The van der Waals surface area contributed by atoms with Crippen LogP contribution < -0.4 is 5.73 Å². The highest BCUT2D eigenvalue weighted by Crippen LogP contribution is 2.27. The van der Waals surface area contributed by atoms with Crippen LogP contribution in [0.25, 0.3) is 0 Å². The molecule has 0 unspecified atom stereocenters. The highest BCUT2D eigenvalue weighted by atomic mass is 19.1. The number of rotatable bonds is 2. The van der Waals surface area contributed by atoms with Gasteiger partial charge in [0.2, 0.25) is 0 Å². The average molecular weight is 263 g/mol. The van der Waals surface area contributed by atoms with Crippen molar-refractivity contribution < 1.29 is 9.18 Å². The first-order valence-corrected chi connectivity index (χ1v) is 6.73. The molecule has 0 spiro atoms. The number of piperazine rings is 1.